The van der Waals surface area contributed by atoms with Crippen LogP contribution in [-0.4, -0.2) is 13.4 Å². The van der Waals surface area contributed by atoms with Gasteiger partial charge in [-0.3, -0.25) is 0 Å². The minimum Gasteiger partial charge on any atom is -0.229 e. The van der Waals surface area contributed by atoms with Crippen LogP contribution in [0.3, 0.4) is 0 Å². The zero-order chi connectivity index (χ0) is 9.35. The van der Waals surface area contributed by atoms with Crippen LogP contribution in [0.4, 0.5) is 0 Å². The minimum atomic E-state index is -3.67. The van der Waals surface area contributed by atoms with Crippen molar-refractivity contribution in [2.24, 2.45) is 5.14 Å². The van der Waals surface area contributed by atoms with Gasteiger partial charge in [-0.05, 0) is 41.1 Å². The number of pyridine rings is 1. The fourth-order valence-electron chi connectivity index (χ4n) is 0.776. The molecule has 0 aliphatic heterocycles. The summed E-state index contributed by atoms with van der Waals surface area (Å²) >= 11 is 1.93. The number of hydrogen-bond acceptors (Lipinski definition) is 3. The molecule has 12 heavy (non-hydrogen) atoms. The van der Waals surface area contributed by atoms with E-state index in [1.165, 1.54) is 0 Å². The van der Waals surface area contributed by atoms with E-state index in [1.54, 1.807) is 19.1 Å². The van der Waals surface area contributed by atoms with Gasteiger partial charge >= 0.3 is 0 Å². The zero-order valence-electron chi connectivity index (χ0n) is 6.28. The summed E-state index contributed by atoms with van der Waals surface area (Å²) < 4.78 is 22.4. The Bertz CT molecular complexity index is 402. The van der Waals surface area contributed by atoms with E-state index in [2.05, 4.69) is 4.98 Å². The van der Waals surface area contributed by atoms with Crippen LogP contribution in [0.25, 0.3) is 0 Å². The summed E-state index contributed by atoms with van der Waals surface area (Å²) in [4.78, 5) is 3.82. The molecule has 0 unspecified atom stereocenters. The van der Waals surface area contributed by atoms with Gasteiger partial charge in [0, 0.05) is 0 Å². The molecule has 0 fully saturated rings. The quantitative estimate of drug-likeness (QED) is 0.611. The van der Waals surface area contributed by atoms with Gasteiger partial charge in [-0.2, -0.15) is 0 Å². The maximum atomic E-state index is 10.9. The number of nitrogens with two attached hydrogens (primary N) is 1. The molecule has 1 aromatic heterocycles. The van der Waals surface area contributed by atoms with Gasteiger partial charge in [0.1, 0.15) is 3.70 Å². The Morgan fingerprint density at radius 3 is 2.50 bits per heavy atom. The van der Waals surface area contributed by atoms with Crippen LogP contribution < -0.4 is 5.14 Å². The molecular weight excluding hydrogens is 291 g/mol. The molecule has 1 aromatic rings. The summed E-state index contributed by atoms with van der Waals surface area (Å²) in [7, 11) is -3.67. The molecule has 66 valence electrons. The van der Waals surface area contributed by atoms with Crippen molar-refractivity contribution in [3.05, 3.63) is 21.4 Å². The number of sulfonamides is 1. The molecule has 0 aliphatic rings. The molecule has 0 saturated heterocycles. The molecule has 0 amide bonds. The molecule has 0 saturated carbocycles. The van der Waals surface area contributed by atoms with Crippen LogP contribution in [0.1, 0.15) is 5.56 Å². The molecule has 1 rings (SSSR count). The maximum Gasteiger partial charge on any atom is 0.255 e. The first-order valence-corrected chi connectivity index (χ1v) is 5.70. The van der Waals surface area contributed by atoms with E-state index in [0.29, 0.717) is 9.26 Å². The minimum absolute atomic E-state index is 0.0469. The third-order valence-electron chi connectivity index (χ3n) is 1.29. The second-order valence-electron chi connectivity index (χ2n) is 2.30. The van der Waals surface area contributed by atoms with Gasteiger partial charge in [0.2, 0.25) is 0 Å². The lowest BCUT2D eigenvalue weighted by molar-refractivity contribution is 0.593. The number of hydrogen-bond donors (Lipinski definition) is 1. The lowest BCUT2D eigenvalue weighted by atomic mass is 10.3. The Hall–Kier alpha value is -0.210. The van der Waals surface area contributed by atoms with Crippen molar-refractivity contribution in [3.8, 4) is 0 Å². The van der Waals surface area contributed by atoms with E-state index in [4.69, 9.17) is 5.14 Å². The van der Waals surface area contributed by atoms with Crippen molar-refractivity contribution in [1.29, 1.82) is 0 Å². The van der Waals surface area contributed by atoms with Crippen LogP contribution in [-0.2, 0) is 10.0 Å². The van der Waals surface area contributed by atoms with E-state index in [0.717, 1.165) is 0 Å². The first-order valence-electron chi connectivity index (χ1n) is 3.07. The summed E-state index contributed by atoms with van der Waals surface area (Å²) in [5.74, 6) is 0. The van der Waals surface area contributed by atoms with Gasteiger partial charge in [0.05, 0.1) is 0 Å². The highest BCUT2D eigenvalue weighted by Crippen LogP contribution is 2.11. The molecule has 2 N–H and O–H groups in total. The van der Waals surface area contributed by atoms with Gasteiger partial charge in [-0.15, -0.1) is 0 Å². The number of nitrogens with zero attached hydrogens (tertiary/aromatic N) is 1. The van der Waals surface area contributed by atoms with Gasteiger partial charge in [-0.25, -0.2) is 18.5 Å². The van der Waals surface area contributed by atoms with E-state index < -0.39 is 10.0 Å². The van der Waals surface area contributed by atoms with Gasteiger partial charge in [0.25, 0.3) is 10.0 Å². The summed E-state index contributed by atoms with van der Waals surface area (Å²) in [6, 6.07) is 3.40. The third-order valence-corrected chi connectivity index (χ3v) is 2.84. The van der Waals surface area contributed by atoms with Crippen molar-refractivity contribution in [1.82, 2.24) is 4.98 Å². The first-order chi connectivity index (χ1) is 5.41. The fourth-order valence-corrected chi connectivity index (χ4v) is 2.10. The monoisotopic (exact) mass is 298 g/mol. The number of aryl methyl sites for hydroxylation is 1. The molecule has 4 nitrogen and oxygen atoms in total. The second-order valence-corrected chi connectivity index (χ2v) is 4.88. The van der Waals surface area contributed by atoms with Gasteiger partial charge < -0.3 is 0 Å². The fraction of sp³-hybridized carbons (Fsp3) is 0.167. The average molecular weight is 298 g/mol. The standard InChI is InChI=1S/C6H7IN2O2S/c1-4-2-3-5(7)9-6(4)12(8,10)11/h2-3H,1H3,(H2,8,10,11). The van der Waals surface area contributed by atoms with Crippen LogP contribution in [0.5, 0.6) is 0 Å². The Balaban J connectivity index is 3.43. The van der Waals surface area contributed by atoms with Crippen molar-refractivity contribution in [3.63, 3.8) is 0 Å². The number of halogens is 1. The molecule has 1 heterocycles. The molecule has 0 atom stereocenters. The highest BCUT2D eigenvalue weighted by atomic mass is 127. The molecule has 0 aromatic carbocycles. The Kier molecular flexibility index (Phi) is 2.69. The topological polar surface area (TPSA) is 73.0 Å². The van der Waals surface area contributed by atoms with E-state index >= 15 is 0 Å². The molecule has 0 spiro atoms. The van der Waals surface area contributed by atoms with Crippen LogP contribution in [0.15, 0.2) is 17.2 Å². The Labute approximate surface area is 84.4 Å². The van der Waals surface area contributed by atoms with Crippen molar-refractivity contribution < 1.29 is 8.42 Å². The second kappa shape index (κ2) is 3.27. The summed E-state index contributed by atoms with van der Waals surface area (Å²) in [5.41, 5.74) is 0.568. The Morgan fingerprint density at radius 2 is 2.08 bits per heavy atom. The van der Waals surface area contributed by atoms with Crippen LogP contribution in [0, 0.1) is 10.6 Å². The summed E-state index contributed by atoms with van der Waals surface area (Å²) in [6.07, 6.45) is 0. The molecular formula is C6H7IN2O2S. The predicted molar refractivity (Wildman–Crippen MR) is 53.1 cm³/mol. The molecule has 6 heteroatoms. The normalized spacial score (nSPS) is 11.6. The summed E-state index contributed by atoms with van der Waals surface area (Å²) in [6.45, 7) is 1.66. The van der Waals surface area contributed by atoms with Gasteiger partial charge in [-0.1, -0.05) is 6.07 Å². The van der Waals surface area contributed by atoms with Crippen molar-refractivity contribution >= 4 is 32.6 Å². The number of rotatable bonds is 1. The molecule has 0 aliphatic carbocycles. The SMILES string of the molecule is Cc1ccc(I)nc1S(N)(=O)=O. The highest BCUT2D eigenvalue weighted by Gasteiger charge is 2.12. The van der Waals surface area contributed by atoms with Crippen molar-refractivity contribution in [2.45, 2.75) is 11.9 Å². The third kappa shape index (κ3) is 2.14. The van der Waals surface area contributed by atoms with E-state index in [9.17, 15) is 8.42 Å². The maximum absolute atomic E-state index is 10.9. The van der Waals surface area contributed by atoms with Gasteiger partial charge in [0.15, 0.2) is 5.03 Å². The van der Waals surface area contributed by atoms with E-state index in [-0.39, 0.29) is 5.03 Å². The van der Waals surface area contributed by atoms with E-state index in [1.807, 2.05) is 22.6 Å². The first kappa shape index (κ1) is 9.87. The largest absolute Gasteiger partial charge is 0.255 e. The summed E-state index contributed by atoms with van der Waals surface area (Å²) in [5, 5.41) is 4.89. The average Bonchev–Trinajstić information content (AvgIpc) is 1.92. The zero-order valence-corrected chi connectivity index (χ0v) is 9.26. The van der Waals surface area contributed by atoms with Crippen LogP contribution in [0.2, 0.25) is 0 Å². The smallest absolute Gasteiger partial charge is 0.229 e. The molecule has 0 bridgehead atoms. The lowest BCUT2D eigenvalue weighted by Gasteiger charge is -2.01. The van der Waals surface area contributed by atoms with Crippen molar-refractivity contribution in [2.75, 3.05) is 0 Å². The lowest BCUT2D eigenvalue weighted by Crippen LogP contribution is -2.15. The predicted octanol–water partition coefficient (Wildman–Crippen LogP) is 0.642. The highest BCUT2D eigenvalue weighted by molar-refractivity contribution is 14.1. The Morgan fingerprint density at radius 1 is 1.50 bits per heavy atom. The number of aromatic nitrogens is 1. The molecule has 0 radical (unpaired) electrons. The number of primary sulfonamides is 1. The van der Waals surface area contributed by atoms with Crippen LogP contribution >= 0.6 is 22.6 Å².